The smallest absolute Gasteiger partial charge is 0.251 e. The van der Waals surface area contributed by atoms with E-state index in [0.29, 0.717) is 69.5 Å². The Bertz CT molecular complexity index is 1090. The van der Waals surface area contributed by atoms with Crippen molar-refractivity contribution in [1.29, 1.82) is 0 Å². The van der Waals surface area contributed by atoms with Gasteiger partial charge in [0.25, 0.3) is 5.91 Å². The van der Waals surface area contributed by atoms with Gasteiger partial charge in [-0.15, -0.1) is 0 Å². The van der Waals surface area contributed by atoms with Gasteiger partial charge in [-0.2, -0.15) is 15.0 Å². The van der Waals surface area contributed by atoms with Crippen LogP contribution in [0.15, 0.2) is 54.6 Å². The first-order chi connectivity index (χ1) is 18.0. The molecule has 0 aliphatic rings. The Balaban J connectivity index is 1.32. The van der Waals surface area contributed by atoms with Crippen molar-refractivity contribution in [2.75, 3.05) is 55.5 Å². The monoisotopic (exact) mass is 511 g/mol. The highest BCUT2D eigenvalue weighted by molar-refractivity contribution is 5.94. The van der Waals surface area contributed by atoms with E-state index in [-0.39, 0.29) is 17.8 Å². The number of benzene rings is 2. The number of rotatable bonds is 16. The van der Waals surface area contributed by atoms with Crippen LogP contribution in [0.4, 0.5) is 22.2 Å². The topological polar surface area (TPSA) is 122 Å². The molecule has 0 radical (unpaired) electrons. The molecule has 198 valence electrons. The van der Waals surface area contributed by atoms with E-state index in [9.17, 15) is 9.18 Å². The summed E-state index contributed by atoms with van der Waals surface area (Å²) in [6.45, 7) is 7.06. The van der Waals surface area contributed by atoms with E-state index >= 15 is 0 Å². The minimum atomic E-state index is -0.278. The zero-order valence-electron chi connectivity index (χ0n) is 21.2. The number of amides is 1. The molecule has 37 heavy (non-hydrogen) atoms. The van der Waals surface area contributed by atoms with Crippen molar-refractivity contribution in [2.24, 2.45) is 0 Å². The van der Waals surface area contributed by atoms with Gasteiger partial charge in [-0.3, -0.25) is 4.79 Å². The maximum absolute atomic E-state index is 13.1. The normalized spacial score (nSPS) is 10.8. The zero-order valence-corrected chi connectivity index (χ0v) is 21.2. The zero-order chi connectivity index (χ0) is 26.3. The number of aromatic nitrogens is 3. The minimum Gasteiger partial charge on any atom is -0.377 e. The fourth-order valence-electron chi connectivity index (χ4n) is 3.13. The molecular formula is C26H34FN7O3. The van der Waals surface area contributed by atoms with Gasteiger partial charge in [0.2, 0.25) is 17.8 Å². The largest absolute Gasteiger partial charge is 0.377 e. The van der Waals surface area contributed by atoms with Crippen molar-refractivity contribution < 1.29 is 18.7 Å². The molecule has 1 aromatic heterocycles. The molecule has 0 saturated heterocycles. The molecule has 3 aromatic rings. The van der Waals surface area contributed by atoms with E-state index < -0.39 is 0 Å². The predicted octanol–water partition coefficient (Wildman–Crippen LogP) is 3.32. The van der Waals surface area contributed by atoms with E-state index in [1.165, 1.54) is 12.1 Å². The van der Waals surface area contributed by atoms with Gasteiger partial charge in [0, 0.05) is 31.2 Å². The van der Waals surface area contributed by atoms with E-state index in [4.69, 9.17) is 9.47 Å². The quantitative estimate of drug-likeness (QED) is 0.215. The molecule has 0 aliphatic carbocycles. The first kappa shape index (κ1) is 27.8. The summed E-state index contributed by atoms with van der Waals surface area (Å²) in [6.07, 6.45) is 0. The second-order valence-electron chi connectivity index (χ2n) is 8.36. The van der Waals surface area contributed by atoms with Crippen LogP contribution in [-0.4, -0.2) is 66.4 Å². The highest BCUT2D eigenvalue weighted by Crippen LogP contribution is 2.12. The van der Waals surface area contributed by atoms with Crippen molar-refractivity contribution in [3.05, 3.63) is 71.5 Å². The van der Waals surface area contributed by atoms with Crippen LogP contribution in [0.25, 0.3) is 0 Å². The van der Waals surface area contributed by atoms with Gasteiger partial charge in [-0.25, -0.2) is 4.39 Å². The van der Waals surface area contributed by atoms with Crippen LogP contribution in [0, 0.1) is 5.82 Å². The third kappa shape index (κ3) is 10.8. The molecule has 10 nitrogen and oxygen atoms in total. The molecule has 0 bridgehead atoms. The summed E-state index contributed by atoms with van der Waals surface area (Å²) in [4.78, 5) is 25.1. The van der Waals surface area contributed by atoms with Gasteiger partial charge in [0.15, 0.2) is 0 Å². The van der Waals surface area contributed by atoms with Crippen LogP contribution in [0.3, 0.4) is 0 Å². The fraction of sp³-hybridized carbons (Fsp3) is 0.385. The summed E-state index contributed by atoms with van der Waals surface area (Å²) in [7, 11) is 0. The van der Waals surface area contributed by atoms with Crippen molar-refractivity contribution in [2.45, 2.75) is 26.4 Å². The Morgan fingerprint density at radius 3 is 2.11 bits per heavy atom. The molecular weight excluding hydrogens is 477 g/mol. The van der Waals surface area contributed by atoms with E-state index in [0.717, 1.165) is 5.56 Å². The molecule has 0 spiro atoms. The number of halogens is 1. The third-order valence-corrected chi connectivity index (χ3v) is 4.89. The minimum absolute atomic E-state index is 0.120. The van der Waals surface area contributed by atoms with Crippen molar-refractivity contribution in [1.82, 2.24) is 20.3 Å². The Labute approximate surface area is 216 Å². The van der Waals surface area contributed by atoms with Crippen molar-refractivity contribution >= 4 is 23.8 Å². The highest BCUT2D eigenvalue weighted by Gasteiger charge is 2.08. The van der Waals surface area contributed by atoms with Gasteiger partial charge >= 0.3 is 0 Å². The second-order valence-corrected chi connectivity index (χ2v) is 8.36. The SMILES string of the molecule is CC(C)Nc1nc(NCCOCCOCCNC(=O)c2ccccc2)nc(NCc2ccc(F)cc2)n1. The number of ether oxygens (including phenoxy) is 2. The van der Waals surface area contributed by atoms with E-state index in [2.05, 4.69) is 36.2 Å². The number of carbonyl (C=O) groups excluding carboxylic acids is 1. The number of hydrogen-bond acceptors (Lipinski definition) is 9. The average molecular weight is 512 g/mol. The lowest BCUT2D eigenvalue weighted by atomic mass is 10.2. The Morgan fingerprint density at radius 2 is 1.43 bits per heavy atom. The van der Waals surface area contributed by atoms with Crippen LogP contribution in [0.1, 0.15) is 29.8 Å². The van der Waals surface area contributed by atoms with Crippen LogP contribution in [0.5, 0.6) is 0 Å². The van der Waals surface area contributed by atoms with Crippen LogP contribution in [-0.2, 0) is 16.0 Å². The molecule has 1 heterocycles. The molecule has 1 amide bonds. The predicted molar refractivity (Wildman–Crippen MR) is 141 cm³/mol. The molecule has 11 heteroatoms. The first-order valence-electron chi connectivity index (χ1n) is 12.2. The van der Waals surface area contributed by atoms with Gasteiger partial charge in [0.1, 0.15) is 5.82 Å². The number of nitrogens with zero attached hydrogens (tertiary/aromatic N) is 3. The van der Waals surface area contributed by atoms with E-state index in [1.807, 2.05) is 32.0 Å². The lowest BCUT2D eigenvalue weighted by Gasteiger charge is -2.13. The summed E-state index contributed by atoms with van der Waals surface area (Å²) >= 11 is 0. The molecule has 3 rings (SSSR count). The van der Waals surface area contributed by atoms with Gasteiger partial charge in [-0.05, 0) is 43.7 Å². The lowest BCUT2D eigenvalue weighted by molar-refractivity contribution is 0.0519. The maximum Gasteiger partial charge on any atom is 0.251 e. The summed E-state index contributed by atoms with van der Waals surface area (Å²) in [5, 5.41) is 12.3. The van der Waals surface area contributed by atoms with Crippen molar-refractivity contribution in [3.8, 4) is 0 Å². The Kier molecular flexibility index (Phi) is 11.5. The first-order valence-corrected chi connectivity index (χ1v) is 12.2. The molecule has 0 saturated carbocycles. The molecule has 0 fully saturated rings. The van der Waals surface area contributed by atoms with Crippen LogP contribution in [0.2, 0.25) is 0 Å². The Hall–Kier alpha value is -3.83. The maximum atomic E-state index is 13.1. The number of hydrogen-bond donors (Lipinski definition) is 4. The molecule has 2 aromatic carbocycles. The van der Waals surface area contributed by atoms with Crippen LogP contribution < -0.4 is 21.3 Å². The number of nitrogens with one attached hydrogen (secondary N) is 4. The summed E-state index contributed by atoms with van der Waals surface area (Å²) in [5.74, 6) is 0.862. The summed E-state index contributed by atoms with van der Waals surface area (Å²) in [5.41, 5.74) is 1.53. The van der Waals surface area contributed by atoms with Crippen LogP contribution >= 0.6 is 0 Å². The molecule has 0 atom stereocenters. The van der Waals surface area contributed by atoms with Crippen molar-refractivity contribution in [3.63, 3.8) is 0 Å². The van der Waals surface area contributed by atoms with E-state index in [1.54, 1.807) is 24.3 Å². The van der Waals surface area contributed by atoms with Gasteiger partial charge in [-0.1, -0.05) is 30.3 Å². The summed E-state index contributed by atoms with van der Waals surface area (Å²) < 4.78 is 24.2. The molecule has 0 unspecified atom stereocenters. The second kappa shape index (κ2) is 15.3. The lowest BCUT2D eigenvalue weighted by Crippen LogP contribution is -2.27. The highest BCUT2D eigenvalue weighted by atomic mass is 19.1. The number of carbonyl (C=O) groups is 1. The van der Waals surface area contributed by atoms with Gasteiger partial charge in [0.05, 0.1) is 26.4 Å². The molecule has 0 aliphatic heterocycles. The Morgan fingerprint density at radius 1 is 0.811 bits per heavy atom. The molecule has 4 N–H and O–H groups in total. The van der Waals surface area contributed by atoms with Gasteiger partial charge < -0.3 is 30.7 Å². The number of anilines is 3. The third-order valence-electron chi connectivity index (χ3n) is 4.89. The fourth-order valence-corrected chi connectivity index (χ4v) is 3.13. The summed E-state index contributed by atoms with van der Waals surface area (Å²) in [6, 6.07) is 15.4. The standard InChI is InChI=1S/C26H34FN7O3/c1-19(2)31-26-33-24(32-25(34-26)30-18-20-8-10-22(27)11-9-20)29-13-15-37-17-16-36-14-12-28-23(35)21-6-4-3-5-7-21/h3-11,19H,12-18H2,1-2H3,(H,28,35)(H3,29,30,31,32,33,34). The average Bonchev–Trinajstić information content (AvgIpc) is 2.89.